The summed E-state index contributed by atoms with van der Waals surface area (Å²) in [5.74, 6) is 1.85. The van der Waals surface area contributed by atoms with Crippen LogP contribution in [0, 0.1) is 0 Å². The molecule has 0 saturated carbocycles. The fourth-order valence-corrected chi connectivity index (χ4v) is 5.24. The molecular formula is C34H21N5O. The monoisotopic (exact) mass is 515 g/mol. The minimum Gasteiger partial charge on any atom is -0.456 e. The Balaban J connectivity index is 1.38. The van der Waals surface area contributed by atoms with Gasteiger partial charge < -0.3 is 4.42 Å². The molecule has 6 heteroatoms. The van der Waals surface area contributed by atoms with Crippen LogP contribution in [0.2, 0.25) is 0 Å². The number of hydrogen-bond acceptors (Lipinski definition) is 5. The van der Waals surface area contributed by atoms with E-state index in [4.69, 9.17) is 19.4 Å². The molecule has 0 aliphatic rings. The molecule has 188 valence electrons. The van der Waals surface area contributed by atoms with Crippen molar-refractivity contribution in [3.8, 4) is 39.9 Å². The second kappa shape index (κ2) is 8.99. The van der Waals surface area contributed by atoms with E-state index >= 15 is 0 Å². The van der Waals surface area contributed by atoms with Crippen molar-refractivity contribution < 1.29 is 4.42 Å². The molecule has 3 heterocycles. The Morgan fingerprint density at radius 3 is 1.98 bits per heavy atom. The highest BCUT2D eigenvalue weighted by atomic mass is 16.3. The summed E-state index contributed by atoms with van der Waals surface area (Å²) in [4.78, 5) is 19.4. The third-order valence-corrected chi connectivity index (χ3v) is 7.15. The summed E-state index contributed by atoms with van der Waals surface area (Å²) in [7, 11) is 0. The van der Waals surface area contributed by atoms with Crippen molar-refractivity contribution in [1.29, 1.82) is 0 Å². The van der Waals surface area contributed by atoms with Crippen molar-refractivity contribution in [2.24, 2.45) is 0 Å². The van der Waals surface area contributed by atoms with Crippen molar-refractivity contribution >= 4 is 33.0 Å². The van der Waals surface area contributed by atoms with E-state index in [1.807, 2.05) is 103 Å². The molecule has 0 unspecified atom stereocenters. The van der Waals surface area contributed by atoms with Gasteiger partial charge in [-0.15, -0.1) is 0 Å². The van der Waals surface area contributed by atoms with E-state index in [1.54, 1.807) is 0 Å². The van der Waals surface area contributed by atoms with Crippen LogP contribution < -0.4 is 0 Å². The Morgan fingerprint density at radius 2 is 1.23 bits per heavy atom. The lowest BCUT2D eigenvalue weighted by atomic mass is 10.0. The maximum absolute atomic E-state index is 6.31. The maximum Gasteiger partial charge on any atom is 0.164 e. The first-order valence-electron chi connectivity index (χ1n) is 13.1. The van der Waals surface area contributed by atoms with Crippen LogP contribution in [-0.4, -0.2) is 24.5 Å². The van der Waals surface area contributed by atoms with Gasteiger partial charge in [-0.05, 0) is 36.4 Å². The average Bonchev–Trinajstić information content (AvgIpc) is 3.63. The minimum atomic E-state index is 0.597. The van der Waals surface area contributed by atoms with Gasteiger partial charge in [0.15, 0.2) is 17.5 Å². The summed E-state index contributed by atoms with van der Waals surface area (Å²) < 4.78 is 8.41. The predicted octanol–water partition coefficient (Wildman–Crippen LogP) is 8.11. The van der Waals surface area contributed by atoms with Crippen LogP contribution in [0.4, 0.5) is 0 Å². The molecule has 5 aromatic carbocycles. The van der Waals surface area contributed by atoms with Crippen LogP contribution in [0.3, 0.4) is 0 Å². The normalized spacial score (nSPS) is 11.5. The number of para-hydroxylation sites is 2. The Labute approximate surface area is 229 Å². The molecule has 0 bridgehead atoms. The van der Waals surface area contributed by atoms with Gasteiger partial charge in [0.1, 0.15) is 17.5 Å². The summed E-state index contributed by atoms with van der Waals surface area (Å²) in [6.45, 7) is 0. The van der Waals surface area contributed by atoms with Crippen molar-refractivity contribution in [3.63, 3.8) is 0 Å². The van der Waals surface area contributed by atoms with Crippen molar-refractivity contribution in [2.45, 2.75) is 0 Å². The molecule has 0 N–H and O–H groups in total. The van der Waals surface area contributed by atoms with Crippen molar-refractivity contribution in [3.05, 3.63) is 128 Å². The SMILES string of the molecule is c1ccc(-c2nc(-c3ccccc3)nc(-c3cccc4oc5ccc(-n6cnc7ccccc76)cc5c34)n2)cc1. The van der Waals surface area contributed by atoms with Crippen LogP contribution >= 0.6 is 0 Å². The second-order valence-electron chi connectivity index (χ2n) is 9.60. The summed E-state index contributed by atoms with van der Waals surface area (Å²) in [5.41, 5.74) is 7.34. The first-order chi connectivity index (χ1) is 19.8. The molecule has 0 saturated heterocycles. The molecule has 0 aliphatic heterocycles. The van der Waals surface area contributed by atoms with E-state index in [2.05, 4.69) is 33.8 Å². The van der Waals surface area contributed by atoms with Gasteiger partial charge in [0.05, 0.1) is 11.0 Å². The number of nitrogens with zero attached hydrogens (tertiary/aromatic N) is 5. The lowest BCUT2D eigenvalue weighted by molar-refractivity contribution is 0.669. The zero-order valence-corrected chi connectivity index (χ0v) is 21.3. The fraction of sp³-hybridized carbons (Fsp3) is 0. The number of imidazole rings is 1. The molecule has 6 nitrogen and oxygen atoms in total. The third kappa shape index (κ3) is 3.66. The van der Waals surface area contributed by atoms with E-state index in [-0.39, 0.29) is 0 Å². The first-order valence-corrected chi connectivity index (χ1v) is 13.1. The molecule has 0 atom stereocenters. The second-order valence-corrected chi connectivity index (χ2v) is 9.60. The highest BCUT2D eigenvalue weighted by Gasteiger charge is 2.18. The quantitative estimate of drug-likeness (QED) is 0.237. The Hall–Kier alpha value is -5.62. The fourth-order valence-electron chi connectivity index (χ4n) is 5.24. The highest BCUT2D eigenvalue weighted by molar-refractivity contribution is 6.12. The standard InChI is InChI=1S/C34H21N5O/c1-3-10-22(11-4-1)32-36-33(23-12-5-2-6-13-23)38-34(37-32)25-14-9-17-30-31(25)26-20-24(18-19-29(26)40-30)39-21-35-27-15-7-8-16-28(27)39/h1-21H. The predicted molar refractivity (Wildman–Crippen MR) is 158 cm³/mol. The summed E-state index contributed by atoms with van der Waals surface area (Å²) >= 11 is 0. The molecule has 0 fully saturated rings. The summed E-state index contributed by atoms with van der Waals surface area (Å²) in [6.07, 6.45) is 1.86. The Morgan fingerprint density at radius 1 is 0.550 bits per heavy atom. The van der Waals surface area contributed by atoms with Crippen LogP contribution in [0.25, 0.3) is 72.8 Å². The molecule has 0 amide bonds. The van der Waals surface area contributed by atoms with E-state index in [0.717, 1.165) is 55.3 Å². The molecular weight excluding hydrogens is 494 g/mol. The molecule has 8 rings (SSSR count). The lowest BCUT2D eigenvalue weighted by Crippen LogP contribution is -2.00. The number of hydrogen-bond donors (Lipinski definition) is 0. The highest BCUT2D eigenvalue weighted by Crippen LogP contribution is 2.37. The van der Waals surface area contributed by atoms with Gasteiger partial charge >= 0.3 is 0 Å². The van der Waals surface area contributed by atoms with Crippen LogP contribution in [0.1, 0.15) is 0 Å². The van der Waals surface area contributed by atoms with Crippen LogP contribution in [0.15, 0.2) is 132 Å². The van der Waals surface area contributed by atoms with Gasteiger partial charge in [0.2, 0.25) is 0 Å². The molecule has 0 radical (unpaired) electrons. The number of rotatable bonds is 4. The number of fused-ring (bicyclic) bond motifs is 4. The van der Waals surface area contributed by atoms with Gasteiger partial charge in [0, 0.05) is 33.2 Å². The van der Waals surface area contributed by atoms with Gasteiger partial charge in [-0.3, -0.25) is 4.57 Å². The third-order valence-electron chi connectivity index (χ3n) is 7.15. The zero-order chi connectivity index (χ0) is 26.5. The van der Waals surface area contributed by atoms with Gasteiger partial charge in [0.25, 0.3) is 0 Å². The van der Waals surface area contributed by atoms with Crippen molar-refractivity contribution in [2.75, 3.05) is 0 Å². The molecule has 3 aromatic heterocycles. The Kier molecular flexibility index (Phi) is 5.03. The first kappa shape index (κ1) is 22.4. The molecule has 40 heavy (non-hydrogen) atoms. The minimum absolute atomic E-state index is 0.597. The van der Waals surface area contributed by atoms with E-state index in [1.165, 1.54) is 0 Å². The van der Waals surface area contributed by atoms with E-state index < -0.39 is 0 Å². The average molecular weight is 516 g/mol. The molecule has 0 aliphatic carbocycles. The summed E-state index contributed by atoms with van der Waals surface area (Å²) in [5, 5.41) is 1.96. The summed E-state index contributed by atoms with van der Waals surface area (Å²) in [6, 6.07) is 40.4. The number of furan rings is 1. The van der Waals surface area contributed by atoms with E-state index in [0.29, 0.717) is 17.5 Å². The number of benzene rings is 5. The Bertz CT molecular complexity index is 2110. The van der Waals surface area contributed by atoms with E-state index in [9.17, 15) is 0 Å². The lowest BCUT2D eigenvalue weighted by Gasteiger charge is -2.09. The van der Waals surface area contributed by atoms with Crippen LogP contribution in [0.5, 0.6) is 0 Å². The topological polar surface area (TPSA) is 69.6 Å². The largest absolute Gasteiger partial charge is 0.456 e. The van der Waals surface area contributed by atoms with Crippen LogP contribution in [-0.2, 0) is 0 Å². The molecule has 8 aromatic rings. The van der Waals surface area contributed by atoms with Gasteiger partial charge in [-0.2, -0.15) is 0 Å². The molecule has 0 spiro atoms. The van der Waals surface area contributed by atoms with Crippen molar-refractivity contribution in [1.82, 2.24) is 24.5 Å². The number of aromatic nitrogens is 5. The maximum atomic E-state index is 6.31. The van der Waals surface area contributed by atoms with Gasteiger partial charge in [-0.1, -0.05) is 84.9 Å². The van der Waals surface area contributed by atoms with Gasteiger partial charge in [-0.25, -0.2) is 19.9 Å². The smallest absolute Gasteiger partial charge is 0.164 e. The zero-order valence-electron chi connectivity index (χ0n) is 21.3.